The number of ether oxygens (including phenoxy) is 3. The first kappa shape index (κ1) is 27.8. The Bertz CT molecular complexity index is 1190. The minimum atomic E-state index is -2.37. The van der Waals surface area contributed by atoms with E-state index in [-0.39, 0.29) is 36.9 Å². The Kier molecular flexibility index (Phi) is 6.30. The third-order valence-corrected chi connectivity index (χ3v) is 11.8. The highest BCUT2D eigenvalue weighted by Gasteiger charge is 2.79. The van der Waals surface area contributed by atoms with Crippen molar-refractivity contribution in [3.05, 3.63) is 23.8 Å². The quantitative estimate of drug-likeness (QED) is 0.473. The Balaban J connectivity index is 1.38. The first-order chi connectivity index (χ1) is 18.8. The predicted molar refractivity (Wildman–Crippen MR) is 135 cm³/mol. The lowest BCUT2D eigenvalue weighted by Gasteiger charge is -2.62. The Labute approximate surface area is 231 Å². The zero-order valence-corrected chi connectivity index (χ0v) is 23.0. The third-order valence-electron chi connectivity index (χ3n) is 11.8. The monoisotopic (exact) mass is 566 g/mol. The molecule has 12 atom stereocenters. The van der Waals surface area contributed by atoms with Gasteiger partial charge in [-0.1, -0.05) is 19.9 Å². The molecular weight excluding hydrogens is 529 g/mol. The molecule has 6 aliphatic carbocycles. The molecule has 0 amide bonds. The van der Waals surface area contributed by atoms with Gasteiger partial charge in [-0.25, -0.2) is 22.8 Å². The Morgan fingerprint density at radius 3 is 2.52 bits per heavy atom. The molecule has 0 aromatic rings. The van der Waals surface area contributed by atoms with Crippen LogP contribution in [0.15, 0.2) is 23.8 Å². The van der Waals surface area contributed by atoms with Crippen molar-refractivity contribution in [1.82, 2.24) is 0 Å². The van der Waals surface area contributed by atoms with Crippen LogP contribution in [0.2, 0.25) is 0 Å². The molecule has 0 spiro atoms. The van der Waals surface area contributed by atoms with Gasteiger partial charge in [0.25, 0.3) is 0 Å². The fourth-order valence-electron chi connectivity index (χ4n) is 9.98. The molecule has 1 N–H and O–H groups in total. The number of carbonyl (C=O) groups is 3. The van der Waals surface area contributed by atoms with Crippen LogP contribution < -0.4 is 0 Å². The largest absolute Gasteiger partial charge is 0.509 e. The molecule has 1 unspecified atom stereocenters. The maximum Gasteiger partial charge on any atom is 0.509 e. The van der Waals surface area contributed by atoms with Crippen LogP contribution in [0.1, 0.15) is 65.7 Å². The number of allylic oxidation sites excluding steroid dienone is 4. The van der Waals surface area contributed by atoms with Crippen LogP contribution >= 0.6 is 0 Å². The van der Waals surface area contributed by atoms with E-state index >= 15 is 8.78 Å². The van der Waals surface area contributed by atoms with Crippen LogP contribution in [0.5, 0.6) is 0 Å². The smallest absolute Gasteiger partial charge is 0.431 e. The zero-order valence-electron chi connectivity index (χ0n) is 23.0. The number of alkyl halides is 3. The molecule has 5 fully saturated rings. The van der Waals surface area contributed by atoms with Gasteiger partial charge in [0.05, 0.1) is 6.10 Å². The average molecular weight is 567 g/mol. The number of aliphatic hydroxyl groups is 1. The summed E-state index contributed by atoms with van der Waals surface area (Å²) >= 11 is 0. The fraction of sp³-hybridized carbons (Fsp3) is 0.767. The number of esters is 1. The van der Waals surface area contributed by atoms with Gasteiger partial charge in [-0.15, -0.1) is 0 Å². The van der Waals surface area contributed by atoms with E-state index in [1.165, 1.54) is 19.1 Å². The van der Waals surface area contributed by atoms with Gasteiger partial charge in [-0.2, -0.15) is 0 Å². The van der Waals surface area contributed by atoms with E-state index < -0.39 is 76.9 Å². The van der Waals surface area contributed by atoms with Gasteiger partial charge in [0.1, 0.15) is 12.3 Å². The number of aliphatic hydroxyl groups excluding tert-OH is 1. The highest BCUT2D eigenvalue weighted by Crippen LogP contribution is 2.71. The normalized spacial score (nSPS) is 50.5. The Morgan fingerprint density at radius 2 is 1.88 bits per heavy atom. The number of rotatable bonds is 4. The summed E-state index contributed by atoms with van der Waals surface area (Å²) in [7, 11) is 0. The molecule has 10 heteroatoms. The average Bonchev–Trinajstić information content (AvgIpc) is 3.56. The molecule has 6 aliphatic rings. The van der Waals surface area contributed by atoms with Crippen molar-refractivity contribution in [2.75, 3.05) is 6.86 Å². The van der Waals surface area contributed by atoms with Crippen molar-refractivity contribution in [3.8, 4) is 0 Å². The highest BCUT2D eigenvalue weighted by molar-refractivity contribution is 6.01. The van der Waals surface area contributed by atoms with Crippen LogP contribution in [-0.4, -0.2) is 59.5 Å². The molecule has 6 rings (SSSR count). The number of halogens is 3. The molecule has 0 radical (unpaired) electrons. The minimum Gasteiger partial charge on any atom is -0.431 e. The zero-order chi connectivity index (χ0) is 28.8. The molecule has 2 bridgehead atoms. The van der Waals surface area contributed by atoms with E-state index in [0.717, 1.165) is 25.3 Å². The van der Waals surface area contributed by atoms with Crippen molar-refractivity contribution in [3.63, 3.8) is 0 Å². The van der Waals surface area contributed by atoms with E-state index in [2.05, 4.69) is 0 Å². The van der Waals surface area contributed by atoms with Crippen molar-refractivity contribution in [1.29, 1.82) is 0 Å². The van der Waals surface area contributed by atoms with E-state index in [1.54, 1.807) is 13.8 Å². The van der Waals surface area contributed by atoms with Crippen molar-refractivity contribution < 1.29 is 46.9 Å². The van der Waals surface area contributed by atoms with E-state index in [0.29, 0.717) is 12.3 Å². The molecule has 5 saturated carbocycles. The second-order valence-corrected chi connectivity index (χ2v) is 13.5. The van der Waals surface area contributed by atoms with E-state index in [4.69, 9.17) is 14.2 Å². The SMILES string of the molecule is C[C@@H]1C[C@H]2[C@@H]3C[C@H](F)C4=CC(=O)C=C[C@]4(C)C3(F)[C@@H](O)C[C@]2(C)[C@]1(OC(=O)O[C@@H]1C[C@H]2CC[C@@H]1C2)C(=O)OCF. The molecule has 0 aromatic heterocycles. The van der Waals surface area contributed by atoms with Crippen LogP contribution in [0.4, 0.5) is 18.0 Å². The topological polar surface area (TPSA) is 99.1 Å². The summed E-state index contributed by atoms with van der Waals surface area (Å²) in [4.78, 5) is 38.9. The van der Waals surface area contributed by atoms with Crippen molar-refractivity contribution in [2.45, 2.75) is 95.4 Å². The van der Waals surface area contributed by atoms with Crippen LogP contribution in [0.3, 0.4) is 0 Å². The molecular formula is C30H37F3O7. The molecule has 0 saturated heterocycles. The number of hydrogen-bond donors (Lipinski definition) is 1. The van der Waals surface area contributed by atoms with Gasteiger partial charge in [0.15, 0.2) is 11.5 Å². The summed E-state index contributed by atoms with van der Waals surface area (Å²) in [5, 5.41) is 11.6. The number of hydrogen-bond acceptors (Lipinski definition) is 7. The first-order valence-corrected chi connectivity index (χ1v) is 14.4. The number of ketones is 1. The summed E-state index contributed by atoms with van der Waals surface area (Å²) in [6, 6.07) is 0. The van der Waals surface area contributed by atoms with E-state index in [1.807, 2.05) is 0 Å². The highest BCUT2D eigenvalue weighted by atomic mass is 19.1. The van der Waals surface area contributed by atoms with Gasteiger partial charge in [-0.3, -0.25) is 4.79 Å². The maximum absolute atomic E-state index is 17.5. The van der Waals surface area contributed by atoms with Crippen LogP contribution in [0, 0.1) is 40.4 Å². The number of fused-ring (bicyclic) bond motifs is 7. The van der Waals surface area contributed by atoms with Crippen molar-refractivity contribution in [2.24, 2.45) is 40.4 Å². The second-order valence-electron chi connectivity index (χ2n) is 13.5. The number of carbonyl (C=O) groups excluding carboxylic acids is 3. The first-order valence-electron chi connectivity index (χ1n) is 14.4. The van der Waals surface area contributed by atoms with Gasteiger partial charge >= 0.3 is 12.1 Å². The Hall–Kier alpha value is -2.36. The lowest BCUT2D eigenvalue weighted by Crippen LogP contribution is -2.71. The summed E-state index contributed by atoms with van der Waals surface area (Å²) < 4.78 is 63.0. The molecule has 40 heavy (non-hydrogen) atoms. The van der Waals surface area contributed by atoms with Crippen LogP contribution in [0.25, 0.3) is 0 Å². The molecule has 0 heterocycles. The predicted octanol–water partition coefficient (Wildman–Crippen LogP) is 5.10. The summed E-state index contributed by atoms with van der Waals surface area (Å²) in [5.41, 5.74) is -7.48. The lowest BCUT2D eigenvalue weighted by molar-refractivity contribution is -0.235. The van der Waals surface area contributed by atoms with Gasteiger partial charge in [0, 0.05) is 22.7 Å². The summed E-state index contributed by atoms with van der Waals surface area (Å²) in [5.74, 6) is -3.46. The summed E-state index contributed by atoms with van der Waals surface area (Å²) in [6.45, 7) is 3.27. The summed E-state index contributed by atoms with van der Waals surface area (Å²) in [6.07, 6.45) is 2.04. The lowest BCUT2D eigenvalue weighted by atomic mass is 9.44. The molecule has 0 aromatic carbocycles. The van der Waals surface area contributed by atoms with Crippen molar-refractivity contribution >= 4 is 17.9 Å². The van der Waals surface area contributed by atoms with Gasteiger partial charge < -0.3 is 19.3 Å². The Morgan fingerprint density at radius 1 is 1.12 bits per heavy atom. The van der Waals surface area contributed by atoms with Crippen LogP contribution in [-0.2, 0) is 23.8 Å². The molecule has 7 nitrogen and oxygen atoms in total. The van der Waals surface area contributed by atoms with E-state index in [9.17, 15) is 23.9 Å². The fourth-order valence-corrected chi connectivity index (χ4v) is 9.98. The minimum absolute atomic E-state index is 0.0127. The molecule has 0 aliphatic heterocycles. The van der Waals surface area contributed by atoms with Gasteiger partial charge in [0.2, 0.25) is 12.5 Å². The third kappa shape index (κ3) is 3.43. The maximum atomic E-state index is 17.5. The standard InChI is InChI=1S/C30H37F3O7/c1-15-8-19-20-12-22(32)21-11-18(34)6-7-27(21,2)29(20,33)24(35)13-28(19,3)30(15,25(36)38-14-31)40-26(37)39-23-10-16-4-5-17(23)9-16/h6-7,11,15-17,19-20,22-24,35H,4-5,8-10,12-14H2,1-3H3/t15-,16+,17-,19+,20+,22+,23-,24+,27+,28+,29?,30-/m1/s1. The van der Waals surface area contributed by atoms with Gasteiger partial charge in [-0.05, 0) is 87.3 Å². The second kappa shape index (κ2) is 9.07. The molecule has 220 valence electrons.